The fourth-order valence-electron chi connectivity index (χ4n) is 4.56. The van der Waals surface area contributed by atoms with Crippen LogP contribution < -0.4 is 19.6 Å². The van der Waals surface area contributed by atoms with Gasteiger partial charge in [0.25, 0.3) is 5.56 Å². The number of methoxy groups -OCH3 is 1. The van der Waals surface area contributed by atoms with Crippen molar-refractivity contribution in [2.75, 3.05) is 26.9 Å². The largest absolute Gasteiger partial charge is 0.479 e. The average molecular weight is 593 g/mol. The Balaban J connectivity index is 1.73. The molecule has 2 atom stereocenters. The second-order valence-electron chi connectivity index (χ2n) is 10.1. The zero-order valence-corrected chi connectivity index (χ0v) is 25.5. The Hall–Kier alpha value is -4.02. The molecular weight excluding hydrogens is 556 g/mol. The molecule has 0 saturated carbocycles. The van der Waals surface area contributed by atoms with Gasteiger partial charge in [0.05, 0.1) is 35.1 Å². The number of fused-ring (bicyclic) bond motifs is 1. The van der Waals surface area contributed by atoms with E-state index in [4.69, 9.17) is 18.9 Å². The molecule has 0 radical (unpaired) electrons. The zero-order chi connectivity index (χ0) is 30.4. The Morgan fingerprint density at radius 1 is 1.02 bits per heavy atom. The highest BCUT2D eigenvalue weighted by molar-refractivity contribution is 7.07. The van der Waals surface area contributed by atoms with Gasteiger partial charge in [-0.25, -0.2) is 14.6 Å². The minimum absolute atomic E-state index is 0.0911. The molecule has 1 aromatic heterocycles. The Morgan fingerprint density at radius 3 is 2.33 bits per heavy atom. The number of nitrogens with zero attached hydrogens (tertiary/aromatic N) is 2. The lowest BCUT2D eigenvalue weighted by Gasteiger charge is -2.25. The summed E-state index contributed by atoms with van der Waals surface area (Å²) in [6, 6.07) is 14.3. The molecule has 1 aliphatic heterocycles. The summed E-state index contributed by atoms with van der Waals surface area (Å²) in [5, 5.41) is 0. The van der Waals surface area contributed by atoms with Crippen molar-refractivity contribution in [3.63, 3.8) is 0 Å². The fraction of sp³-hybridized carbons (Fsp3) is 0.375. The zero-order valence-electron chi connectivity index (χ0n) is 24.7. The predicted octanol–water partition coefficient (Wildman–Crippen LogP) is 3.88. The lowest BCUT2D eigenvalue weighted by molar-refractivity contribution is -0.150. The lowest BCUT2D eigenvalue weighted by atomic mass is 9.93. The third kappa shape index (κ3) is 6.88. The normalized spacial score (nSPS) is 15.7. The third-order valence-corrected chi connectivity index (χ3v) is 7.77. The van der Waals surface area contributed by atoms with E-state index in [9.17, 15) is 14.4 Å². The maximum absolute atomic E-state index is 13.9. The van der Waals surface area contributed by atoms with Gasteiger partial charge in [0.1, 0.15) is 12.4 Å². The van der Waals surface area contributed by atoms with E-state index in [2.05, 4.69) is 18.8 Å². The molecule has 222 valence electrons. The first kappa shape index (κ1) is 30.9. The molecule has 2 aromatic carbocycles. The highest BCUT2D eigenvalue weighted by Crippen LogP contribution is 2.31. The molecule has 1 aliphatic rings. The number of benzene rings is 2. The summed E-state index contributed by atoms with van der Waals surface area (Å²) < 4.78 is 23.2. The topological polar surface area (TPSA) is 105 Å². The van der Waals surface area contributed by atoms with Gasteiger partial charge >= 0.3 is 11.9 Å². The van der Waals surface area contributed by atoms with Gasteiger partial charge in [0, 0.05) is 7.11 Å². The molecule has 42 heavy (non-hydrogen) atoms. The van der Waals surface area contributed by atoms with Crippen LogP contribution in [0.4, 0.5) is 0 Å². The van der Waals surface area contributed by atoms with E-state index in [0.29, 0.717) is 32.3 Å². The van der Waals surface area contributed by atoms with Crippen molar-refractivity contribution in [1.29, 1.82) is 0 Å². The Kier molecular flexibility index (Phi) is 10.1. The highest BCUT2D eigenvalue weighted by Gasteiger charge is 2.33. The lowest BCUT2D eigenvalue weighted by Crippen LogP contribution is -2.40. The number of hydrogen-bond acceptors (Lipinski definition) is 9. The van der Waals surface area contributed by atoms with Gasteiger partial charge in [-0.05, 0) is 61.6 Å². The van der Waals surface area contributed by atoms with Gasteiger partial charge in [-0.2, -0.15) is 0 Å². The van der Waals surface area contributed by atoms with Crippen molar-refractivity contribution in [2.24, 2.45) is 4.99 Å². The van der Waals surface area contributed by atoms with Crippen molar-refractivity contribution in [2.45, 2.75) is 52.7 Å². The van der Waals surface area contributed by atoms with Gasteiger partial charge in [0.15, 0.2) is 10.9 Å². The maximum Gasteiger partial charge on any atom is 0.347 e. The number of allylic oxidation sites excluding steroid dienone is 1. The van der Waals surface area contributed by atoms with E-state index in [1.165, 1.54) is 18.4 Å². The molecule has 0 fully saturated rings. The number of thiazole rings is 1. The van der Waals surface area contributed by atoms with Gasteiger partial charge in [-0.3, -0.25) is 9.36 Å². The Labute approximate surface area is 248 Å². The first-order chi connectivity index (χ1) is 20.1. The molecule has 2 heterocycles. The van der Waals surface area contributed by atoms with Crippen LogP contribution in [0.1, 0.15) is 63.3 Å². The molecule has 0 aliphatic carbocycles. The number of hydrogen-bond donors (Lipinski definition) is 0. The molecule has 10 heteroatoms. The van der Waals surface area contributed by atoms with E-state index in [-0.39, 0.29) is 25.4 Å². The first-order valence-corrected chi connectivity index (χ1v) is 14.7. The Bertz CT molecular complexity index is 1630. The van der Waals surface area contributed by atoms with Crippen molar-refractivity contribution in [3.05, 3.63) is 96.2 Å². The number of esters is 2. The van der Waals surface area contributed by atoms with E-state index in [1.54, 1.807) is 55.7 Å². The van der Waals surface area contributed by atoms with Gasteiger partial charge in [-0.1, -0.05) is 61.6 Å². The van der Waals surface area contributed by atoms with Crippen LogP contribution in [0.3, 0.4) is 0 Å². The SMILES string of the molecule is CCOC(=O)C(C)Oc1ccc(C=c2sc3n(c2=O)C(c2ccc(C(C)C)cc2)C(C(=O)OCCOC)=C(C)N=3)cc1. The number of carbonyl (C=O) groups excluding carboxylic acids is 2. The maximum atomic E-state index is 13.9. The summed E-state index contributed by atoms with van der Waals surface area (Å²) in [6.07, 6.45) is 1.03. The van der Waals surface area contributed by atoms with Gasteiger partial charge < -0.3 is 18.9 Å². The van der Waals surface area contributed by atoms with Crippen LogP contribution in [0, 0.1) is 0 Å². The monoisotopic (exact) mass is 592 g/mol. The molecule has 9 nitrogen and oxygen atoms in total. The summed E-state index contributed by atoms with van der Waals surface area (Å²) in [5.41, 5.74) is 3.27. The van der Waals surface area contributed by atoms with E-state index in [0.717, 1.165) is 16.7 Å². The molecule has 0 N–H and O–H groups in total. The molecule has 2 unspecified atom stereocenters. The summed E-state index contributed by atoms with van der Waals surface area (Å²) in [4.78, 5) is 44.2. The number of ether oxygens (including phenoxy) is 4. The second kappa shape index (κ2) is 13.8. The van der Waals surface area contributed by atoms with Crippen LogP contribution in [0.15, 0.2) is 69.6 Å². The van der Waals surface area contributed by atoms with Crippen LogP contribution in [-0.4, -0.2) is 49.5 Å². The minimum Gasteiger partial charge on any atom is -0.479 e. The van der Waals surface area contributed by atoms with Crippen LogP contribution in [0.5, 0.6) is 5.75 Å². The number of aromatic nitrogens is 1. The summed E-state index contributed by atoms with van der Waals surface area (Å²) in [6.45, 7) is 9.98. The quantitative estimate of drug-likeness (QED) is 0.246. The van der Waals surface area contributed by atoms with Crippen LogP contribution >= 0.6 is 11.3 Å². The van der Waals surface area contributed by atoms with E-state index in [1.807, 2.05) is 24.3 Å². The standard InChI is InChI=1S/C32H36N2O7S/c1-7-39-30(36)21(5)41-25-14-8-22(9-15-25)18-26-29(35)34-28(24-12-10-23(11-13-24)19(2)3)27(20(4)33-32(34)42-26)31(37)40-17-16-38-6/h8-15,18-19,21,28H,7,16-17H2,1-6H3. The molecule has 0 amide bonds. The second-order valence-corrected chi connectivity index (χ2v) is 11.1. The van der Waals surface area contributed by atoms with Crippen molar-refractivity contribution >= 4 is 29.4 Å². The van der Waals surface area contributed by atoms with E-state index < -0.39 is 24.1 Å². The first-order valence-electron chi connectivity index (χ1n) is 13.9. The van der Waals surface area contributed by atoms with Crippen LogP contribution in [-0.2, 0) is 23.8 Å². The summed E-state index contributed by atoms with van der Waals surface area (Å²) >= 11 is 1.26. The van der Waals surface area contributed by atoms with Gasteiger partial charge in [0.2, 0.25) is 0 Å². The average Bonchev–Trinajstić information content (AvgIpc) is 3.27. The Morgan fingerprint density at radius 2 is 1.71 bits per heavy atom. The van der Waals surface area contributed by atoms with Crippen molar-refractivity contribution in [1.82, 2.24) is 4.57 Å². The third-order valence-electron chi connectivity index (χ3n) is 6.79. The van der Waals surface area contributed by atoms with Gasteiger partial charge in [-0.15, -0.1) is 0 Å². The fourth-order valence-corrected chi connectivity index (χ4v) is 5.61. The predicted molar refractivity (Wildman–Crippen MR) is 160 cm³/mol. The van der Waals surface area contributed by atoms with Crippen LogP contribution in [0.25, 0.3) is 6.08 Å². The minimum atomic E-state index is -0.743. The molecule has 0 saturated heterocycles. The highest BCUT2D eigenvalue weighted by atomic mass is 32.1. The number of rotatable bonds is 11. The summed E-state index contributed by atoms with van der Waals surface area (Å²) in [5.74, 6) is -0.130. The number of carbonyl (C=O) groups is 2. The van der Waals surface area contributed by atoms with Crippen molar-refractivity contribution in [3.8, 4) is 5.75 Å². The molecule has 4 rings (SSSR count). The molecular formula is C32H36N2O7S. The van der Waals surface area contributed by atoms with Crippen LogP contribution in [0.2, 0.25) is 0 Å². The van der Waals surface area contributed by atoms with E-state index >= 15 is 0 Å². The molecule has 0 spiro atoms. The summed E-state index contributed by atoms with van der Waals surface area (Å²) in [7, 11) is 1.53. The molecule has 3 aromatic rings. The molecule has 0 bridgehead atoms. The van der Waals surface area contributed by atoms with Crippen molar-refractivity contribution < 1.29 is 28.5 Å². The smallest absolute Gasteiger partial charge is 0.347 e.